The van der Waals surface area contributed by atoms with Crippen molar-refractivity contribution in [2.45, 2.75) is 6.61 Å². The fraction of sp³-hybridized carbons (Fsp3) is 0.0476. The quantitative estimate of drug-likeness (QED) is 0.563. The third-order valence-electron chi connectivity index (χ3n) is 3.91. The van der Waals surface area contributed by atoms with Crippen LogP contribution in [-0.2, 0) is 6.61 Å². The Labute approximate surface area is 146 Å². The number of ether oxygens (including phenoxy) is 1. The molecule has 0 unspecified atom stereocenters. The third kappa shape index (κ3) is 3.58. The van der Waals surface area contributed by atoms with E-state index < -0.39 is 0 Å². The molecule has 0 amide bonds. The van der Waals surface area contributed by atoms with Crippen molar-refractivity contribution in [3.05, 3.63) is 90.8 Å². The first kappa shape index (κ1) is 15.1. The Hall–Kier alpha value is -3.40. The number of rotatable bonds is 5. The zero-order valence-electron chi connectivity index (χ0n) is 13.6. The van der Waals surface area contributed by atoms with E-state index in [0.29, 0.717) is 6.61 Å². The van der Waals surface area contributed by atoms with Crippen molar-refractivity contribution in [3.8, 4) is 5.75 Å². The highest BCUT2D eigenvalue weighted by Crippen LogP contribution is 2.23. The number of benzene rings is 3. The summed E-state index contributed by atoms with van der Waals surface area (Å²) in [5, 5.41) is 4.36. The number of aromatic nitrogens is 2. The van der Waals surface area contributed by atoms with Gasteiger partial charge in [-0.25, -0.2) is 9.97 Å². The summed E-state index contributed by atoms with van der Waals surface area (Å²) in [4.78, 5) is 8.64. The summed E-state index contributed by atoms with van der Waals surface area (Å²) in [6, 6.07) is 25.9. The van der Waals surface area contributed by atoms with Crippen LogP contribution in [0.5, 0.6) is 5.75 Å². The Kier molecular flexibility index (Phi) is 4.25. The minimum absolute atomic E-state index is 0.542. The van der Waals surface area contributed by atoms with E-state index >= 15 is 0 Å². The first-order valence-electron chi connectivity index (χ1n) is 8.12. The van der Waals surface area contributed by atoms with Crippen molar-refractivity contribution in [3.63, 3.8) is 0 Å². The van der Waals surface area contributed by atoms with E-state index in [1.807, 2.05) is 66.7 Å². The van der Waals surface area contributed by atoms with Crippen LogP contribution in [0.4, 0.5) is 11.5 Å². The molecule has 3 aromatic carbocycles. The number of nitrogens with zero attached hydrogens (tertiary/aromatic N) is 2. The van der Waals surface area contributed by atoms with Gasteiger partial charge in [0.15, 0.2) is 0 Å². The van der Waals surface area contributed by atoms with Gasteiger partial charge in [-0.15, -0.1) is 0 Å². The zero-order valence-corrected chi connectivity index (χ0v) is 13.6. The van der Waals surface area contributed by atoms with Crippen molar-refractivity contribution in [1.82, 2.24) is 9.97 Å². The van der Waals surface area contributed by atoms with Gasteiger partial charge in [0.2, 0.25) is 0 Å². The average molecular weight is 327 g/mol. The second-order valence-electron chi connectivity index (χ2n) is 5.66. The van der Waals surface area contributed by atoms with Gasteiger partial charge in [-0.1, -0.05) is 42.5 Å². The summed E-state index contributed by atoms with van der Waals surface area (Å²) in [6.07, 6.45) is 1.58. The first-order chi connectivity index (χ1) is 12.4. The lowest BCUT2D eigenvalue weighted by Crippen LogP contribution is -1.98. The normalized spacial score (nSPS) is 10.6. The van der Waals surface area contributed by atoms with Crippen molar-refractivity contribution in [2.75, 3.05) is 5.32 Å². The molecule has 0 aliphatic carbocycles. The lowest BCUT2D eigenvalue weighted by atomic mass is 10.2. The second-order valence-corrected chi connectivity index (χ2v) is 5.66. The molecule has 0 bridgehead atoms. The Bertz CT molecular complexity index is 964. The van der Waals surface area contributed by atoms with Gasteiger partial charge >= 0.3 is 0 Å². The average Bonchev–Trinajstić information content (AvgIpc) is 2.69. The standard InChI is InChI=1S/C21H17N3O/c1-2-6-18(7-3-1)25-14-16-10-12-17(13-11-16)24-21-19-8-4-5-9-20(19)22-15-23-21/h1-13,15H,14H2,(H,22,23,24). The molecule has 0 aliphatic rings. The molecule has 1 N–H and O–H groups in total. The van der Waals surface area contributed by atoms with E-state index in [1.54, 1.807) is 6.33 Å². The maximum atomic E-state index is 5.77. The summed E-state index contributed by atoms with van der Waals surface area (Å²) in [7, 11) is 0. The lowest BCUT2D eigenvalue weighted by molar-refractivity contribution is 0.306. The highest BCUT2D eigenvalue weighted by Gasteiger charge is 2.03. The fourth-order valence-electron chi connectivity index (χ4n) is 2.61. The van der Waals surface area contributed by atoms with E-state index in [4.69, 9.17) is 4.74 Å². The van der Waals surface area contributed by atoms with Crippen LogP contribution in [0.3, 0.4) is 0 Å². The molecular formula is C21H17N3O. The maximum Gasteiger partial charge on any atom is 0.141 e. The number of anilines is 2. The molecule has 0 saturated carbocycles. The first-order valence-corrected chi connectivity index (χ1v) is 8.12. The summed E-state index contributed by atoms with van der Waals surface area (Å²) < 4.78 is 5.77. The monoisotopic (exact) mass is 327 g/mol. The minimum Gasteiger partial charge on any atom is -0.489 e. The molecular weight excluding hydrogens is 310 g/mol. The van der Waals surface area contributed by atoms with Gasteiger partial charge in [0, 0.05) is 11.1 Å². The molecule has 25 heavy (non-hydrogen) atoms. The third-order valence-corrected chi connectivity index (χ3v) is 3.91. The van der Waals surface area contributed by atoms with Crippen LogP contribution in [0.25, 0.3) is 10.9 Å². The molecule has 0 fully saturated rings. The van der Waals surface area contributed by atoms with Crippen LogP contribution >= 0.6 is 0 Å². The number of hydrogen-bond donors (Lipinski definition) is 1. The van der Waals surface area contributed by atoms with E-state index in [0.717, 1.165) is 33.7 Å². The second kappa shape index (κ2) is 7.01. The molecule has 4 nitrogen and oxygen atoms in total. The molecule has 4 rings (SSSR count). The predicted octanol–water partition coefficient (Wildman–Crippen LogP) is 4.95. The SMILES string of the molecule is c1ccc(OCc2ccc(Nc3ncnc4ccccc34)cc2)cc1. The van der Waals surface area contributed by atoms with E-state index in [9.17, 15) is 0 Å². The van der Waals surface area contributed by atoms with Gasteiger partial charge in [-0.2, -0.15) is 0 Å². The molecule has 0 radical (unpaired) electrons. The summed E-state index contributed by atoms with van der Waals surface area (Å²) in [5.41, 5.74) is 3.02. The lowest BCUT2D eigenvalue weighted by Gasteiger charge is -2.10. The Morgan fingerprint density at radius 2 is 1.52 bits per heavy atom. The van der Waals surface area contributed by atoms with Crippen LogP contribution in [0.2, 0.25) is 0 Å². The Balaban J connectivity index is 1.47. The zero-order chi connectivity index (χ0) is 16.9. The molecule has 0 aliphatic heterocycles. The number of para-hydroxylation sites is 2. The van der Waals surface area contributed by atoms with E-state index in [1.165, 1.54) is 0 Å². The Morgan fingerprint density at radius 3 is 2.36 bits per heavy atom. The summed E-state index contributed by atoms with van der Waals surface area (Å²) in [6.45, 7) is 0.542. The molecule has 4 aromatic rings. The van der Waals surface area contributed by atoms with Crippen LogP contribution in [0.15, 0.2) is 85.2 Å². The molecule has 1 heterocycles. The Morgan fingerprint density at radius 1 is 0.760 bits per heavy atom. The van der Waals surface area contributed by atoms with Crippen LogP contribution < -0.4 is 10.1 Å². The number of nitrogens with one attached hydrogen (secondary N) is 1. The smallest absolute Gasteiger partial charge is 0.141 e. The molecule has 1 aromatic heterocycles. The van der Waals surface area contributed by atoms with Gasteiger partial charge < -0.3 is 10.1 Å². The molecule has 4 heteroatoms. The maximum absolute atomic E-state index is 5.77. The van der Waals surface area contributed by atoms with Crippen molar-refractivity contribution >= 4 is 22.4 Å². The molecule has 0 atom stereocenters. The largest absolute Gasteiger partial charge is 0.489 e. The van der Waals surface area contributed by atoms with Crippen molar-refractivity contribution < 1.29 is 4.74 Å². The van der Waals surface area contributed by atoms with Crippen LogP contribution in [-0.4, -0.2) is 9.97 Å². The van der Waals surface area contributed by atoms with E-state index in [-0.39, 0.29) is 0 Å². The summed E-state index contributed by atoms with van der Waals surface area (Å²) in [5.74, 6) is 1.68. The highest BCUT2D eigenvalue weighted by atomic mass is 16.5. The predicted molar refractivity (Wildman–Crippen MR) is 100 cm³/mol. The summed E-state index contributed by atoms with van der Waals surface area (Å²) >= 11 is 0. The van der Waals surface area contributed by atoms with Crippen molar-refractivity contribution in [2.24, 2.45) is 0 Å². The fourth-order valence-corrected chi connectivity index (χ4v) is 2.61. The van der Waals surface area contributed by atoms with Gasteiger partial charge in [-0.3, -0.25) is 0 Å². The van der Waals surface area contributed by atoms with E-state index in [2.05, 4.69) is 27.4 Å². The molecule has 0 spiro atoms. The minimum atomic E-state index is 0.542. The van der Waals surface area contributed by atoms with Gasteiger partial charge in [-0.05, 0) is 42.0 Å². The van der Waals surface area contributed by atoms with Gasteiger partial charge in [0.1, 0.15) is 24.5 Å². The van der Waals surface area contributed by atoms with Gasteiger partial charge in [0.25, 0.3) is 0 Å². The molecule has 122 valence electrons. The van der Waals surface area contributed by atoms with Crippen LogP contribution in [0.1, 0.15) is 5.56 Å². The van der Waals surface area contributed by atoms with Crippen LogP contribution in [0, 0.1) is 0 Å². The highest BCUT2D eigenvalue weighted by molar-refractivity contribution is 5.90. The number of hydrogen-bond acceptors (Lipinski definition) is 4. The van der Waals surface area contributed by atoms with Gasteiger partial charge in [0.05, 0.1) is 5.52 Å². The number of fused-ring (bicyclic) bond motifs is 1. The van der Waals surface area contributed by atoms with Crippen molar-refractivity contribution in [1.29, 1.82) is 0 Å². The topological polar surface area (TPSA) is 47.0 Å². The molecule has 0 saturated heterocycles.